The molecule has 7 heteroatoms. The number of carbonyl (C=O) groups is 2. The number of hydrogen-bond donors (Lipinski definition) is 1. The molecule has 24 heavy (non-hydrogen) atoms. The molecule has 0 spiro atoms. The van der Waals surface area contributed by atoms with Gasteiger partial charge in [0, 0.05) is 13.1 Å². The summed E-state index contributed by atoms with van der Waals surface area (Å²) >= 11 is 0. The predicted molar refractivity (Wildman–Crippen MR) is 88.0 cm³/mol. The van der Waals surface area contributed by atoms with Crippen LogP contribution in [0.3, 0.4) is 0 Å². The third-order valence-corrected chi connectivity index (χ3v) is 3.15. The number of hydrogen-bond acceptors (Lipinski definition) is 6. The van der Waals surface area contributed by atoms with Gasteiger partial charge in [-0.2, -0.15) is 0 Å². The molecular formula is C17H25NO6. The van der Waals surface area contributed by atoms with Gasteiger partial charge in [0.25, 0.3) is 5.91 Å². The Morgan fingerprint density at radius 1 is 1.17 bits per heavy atom. The Labute approximate surface area is 142 Å². The maximum Gasteiger partial charge on any atom is 0.307 e. The van der Waals surface area contributed by atoms with Crippen LogP contribution < -0.4 is 9.47 Å². The Bertz CT molecular complexity index is 514. The largest absolute Gasteiger partial charge is 0.494 e. The molecule has 0 saturated heterocycles. The fourth-order valence-electron chi connectivity index (χ4n) is 2.00. The molecule has 134 valence electrons. The minimum atomic E-state index is -0.697. The fourth-order valence-corrected chi connectivity index (χ4v) is 2.00. The number of esters is 1. The number of aliphatic hydroxyl groups is 1. The standard InChI is InChI=1S/C17H25NO6/c1-4-23-14-5-7-15(8-6-14)24-12-16(20)18(11-13(2)19)10-9-17(21)22-3/h5-8,13,19H,4,9-12H2,1-3H3. The molecule has 0 saturated carbocycles. The Balaban J connectivity index is 2.54. The van der Waals surface area contributed by atoms with Crippen LogP contribution in [0.2, 0.25) is 0 Å². The maximum absolute atomic E-state index is 12.2. The zero-order valence-electron chi connectivity index (χ0n) is 14.4. The van der Waals surface area contributed by atoms with E-state index in [-0.39, 0.29) is 32.0 Å². The molecule has 0 radical (unpaired) electrons. The molecule has 0 aliphatic carbocycles. The van der Waals surface area contributed by atoms with Crippen molar-refractivity contribution in [3.63, 3.8) is 0 Å². The number of methoxy groups -OCH3 is 1. The van der Waals surface area contributed by atoms with Crippen molar-refractivity contribution in [3.05, 3.63) is 24.3 Å². The molecule has 0 aliphatic heterocycles. The van der Waals surface area contributed by atoms with Crippen LogP contribution in [-0.2, 0) is 14.3 Å². The summed E-state index contributed by atoms with van der Waals surface area (Å²) < 4.78 is 15.3. The number of nitrogens with zero attached hydrogens (tertiary/aromatic N) is 1. The number of carbonyl (C=O) groups excluding carboxylic acids is 2. The van der Waals surface area contributed by atoms with Crippen LogP contribution in [-0.4, -0.2) is 61.4 Å². The minimum Gasteiger partial charge on any atom is -0.494 e. The normalized spacial score (nSPS) is 11.5. The van der Waals surface area contributed by atoms with Crippen LogP contribution in [0.5, 0.6) is 11.5 Å². The molecule has 1 amide bonds. The lowest BCUT2D eigenvalue weighted by Crippen LogP contribution is -2.40. The lowest BCUT2D eigenvalue weighted by Gasteiger charge is -2.23. The molecule has 0 heterocycles. The molecule has 1 unspecified atom stereocenters. The number of benzene rings is 1. The summed E-state index contributed by atoms with van der Waals surface area (Å²) in [6, 6.07) is 6.94. The maximum atomic E-state index is 12.2. The third kappa shape index (κ3) is 7.32. The molecule has 0 aliphatic rings. The average Bonchev–Trinajstić information content (AvgIpc) is 2.57. The van der Waals surface area contributed by atoms with E-state index < -0.39 is 12.1 Å². The van der Waals surface area contributed by atoms with Crippen molar-refractivity contribution >= 4 is 11.9 Å². The van der Waals surface area contributed by atoms with Crippen LogP contribution in [0.4, 0.5) is 0 Å². The van der Waals surface area contributed by atoms with Crippen molar-refractivity contribution in [2.45, 2.75) is 26.4 Å². The SMILES string of the molecule is CCOc1ccc(OCC(=O)N(CCC(=O)OC)CC(C)O)cc1. The van der Waals surface area contributed by atoms with Gasteiger partial charge >= 0.3 is 5.97 Å². The first-order valence-electron chi connectivity index (χ1n) is 7.84. The molecule has 1 aromatic carbocycles. The first-order chi connectivity index (χ1) is 11.5. The summed E-state index contributed by atoms with van der Waals surface area (Å²) in [5, 5.41) is 9.50. The molecule has 0 fully saturated rings. The van der Waals surface area contributed by atoms with Gasteiger partial charge in [0.1, 0.15) is 11.5 Å². The number of amides is 1. The molecule has 0 bridgehead atoms. The van der Waals surface area contributed by atoms with E-state index in [1.54, 1.807) is 31.2 Å². The molecule has 1 N–H and O–H groups in total. The van der Waals surface area contributed by atoms with E-state index in [0.717, 1.165) is 5.75 Å². The van der Waals surface area contributed by atoms with Gasteiger partial charge in [-0.3, -0.25) is 9.59 Å². The summed E-state index contributed by atoms with van der Waals surface area (Å²) in [6.07, 6.45) is -0.630. The van der Waals surface area contributed by atoms with Gasteiger partial charge in [-0.1, -0.05) is 0 Å². The van der Waals surface area contributed by atoms with Crippen LogP contribution in [0.1, 0.15) is 20.3 Å². The molecule has 1 atom stereocenters. The molecule has 7 nitrogen and oxygen atoms in total. The van der Waals surface area contributed by atoms with Crippen molar-refractivity contribution in [1.82, 2.24) is 4.90 Å². The van der Waals surface area contributed by atoms with Gasteiger partial charge in [-0.15, -0.1) is 0 Å². The Hall–Kier alpha value is -2.28. The summed E-state index contributed by atoms with van der Waals surface area (Å²) in [7, 11) is 1.29. The molecule has 0 aromatic heterocycles. The monoisotopic (exact) mass is 339 g/mol. The van der Waals surface area contributed by atoms with Crippen molar-refractivity contribution in [2.24, 2.45) is 0 Å². The Morgan fingerprint density at radius 2 is 1.75 bits per heavy atom. The van der Waals surface area contributed by atoms with Crippen LogP contribution in [0.25, 0.3) is 0 Å². The van der Waals surface area contributed by atoms with Crippen LogP contribution in [0.15, 0.2) is 24.3 Å². The van der Waals surface area contributed by atoms with E-state index in [4.69, 9.17) is 9.47 Å². The van der Waals surface area contributed by atoms with E-state index in [2.05, 4.69) is 4.74 Å². The lowest BCUT2D eigenvalue weighted by atomic mass is 10.3. The topological polar surface area (TPSA) is 85.3 Å². The molecular weight excluding hydrogens is 314 g/mol. The van der Waals surface area contributed by atoms with Crippen molar-refractivity contribution in [1.29, 1.82) is 0 Å². The van der Waals surface area contributed by atoms with Crippen molar-refractivity contribution in [3.8, 4) is 11.5 Å². The quantitative estimate of drug-likeness (QED) is 0.646. The van der Waals surface area contributed by atoms with Crippen LogP contribution in [0, 0.1) is 0 Å². The number of rotatable bonds is 10. The number of aliphatic hydroxyl groups excluding tert-OH is 1. The lowest BCUT2D eigenvalue weighted by molar-refractivity contribution is -0.142. The summed E-state index contributed by atoms with van der Waals surface area (Å²) in [5.74, 6) is 0.543. The minimum absolute atomic E-state index is 0.0675. The molecule has 1 rings (SSSR count). The zero-order chi connectivity index (χ0) is 17.9. The second-order valence-electron chi connectivity index (χ2n) is 5.21. The third-order valence-electron chi connectivity index (χ3n) is 3.15. The van der Waals surface area contributed by atoms with Crippen molar-refractivity contribution < 1.29 is 28.9 Å². The van der Waals surface area contributed by atoms with Gasteiger partial charge in [0.15, 0.2) is 6.61 Å². The van der Waals surface area contributed by atoms with Crippen molar-refractivity contribution in [2.75, 3.05) is 33.4 Å². The Kier molecular flexibility index (Phi) is 8.64. The smallest absolute Gasteiger partial charge is 0.307 e. The molecule has 1 aromatic rings. The average molecular weight is 339 g/mol. The highest BCUT2D eigenvalue weighted by Crippen LogP contribution is 2.17. The summed E-state index contributed by atoms with van der Waals surface area (Å²) in [6.45, 7) is 4.17. The van der Waals surface area contributed by atoms with Gasteiger partial charge in [0.05, 0.1) is 26.2 Å². The fraction of sp³-hybridized carbons (Fsp3) is 0.529. The summed E-state index contributed by atoms with van der Waals surface area (Å²) in [5.41, 5.74) is 0. The number of ether oxygens (including phenoxy) is 3. The highest BCUT2D eigenvalue weighted by atomic mass is 16.5. The van der Waals surface area contributed by atoms with E-state index in [1.165, 1.54) is 12.0 Å². The Morgan fingerprint density at radius 3 is 2.25 bits per heavy atom. The van der Waals surface area contributed by atoms with Gasteiger partial charge in [-0.25, -0.2) is 0 Å². The first kappa shape index (κ1) is 19.8. The highest BCUT2D eigenvalue weighted by Gasteiger charge is 2.17. The van der Waals surface area contributed by atoms with Gasteiger partial charge in [0.2, 0.25) is 0 Å². The highest BCUT2D eigenvalue weighted by molar-refractivity contribution is 5.78. The van der Waals surface area contributed by atoms with Crippen LogP contribution >= 0.6 is 0 Å². The zero-order valence-corrected chi connectivity index (χ0v) is 14.4. The second-order valence-corrected chi connectivity index (χ2v) is 5.21. The predicted octanol–water partition coefficient (Wildman–Crippen LogP) is 1.24. The van der Waals surface area contributed by atoms with E-state index in [1.807, 2.05) is 6.92 Å². The van der Waals surface area contributed by atoms with Gasteiger partial charge in [-0.05, 0) is 38.1 Å². The second kappa shape index (κ2) is 10.5. The van der Waals surface area contributed by atoms with Gasteiger partial charge < -0.3 is 24.2 Å². The van der Waals surface area contributed by atoms with E-state index in [9.17, 15) is 14.7 Å². The van der Waals surface area contributed by atoms with E-state index in [0.29, 0.717) is 12.4 Å². The van der Waals surface area contributed by atoms with E-state index >= 15 is 0 Å². The first-order valence-corrected chi connectivity index (χ1v) is 7.84. The summed E-state index contributed by atoms with van der Waals surface area (Å²) in [4.78, 5) is 24.8.